The predicted molar refractivity (Wildman–Crippen MR) is 76.8 cm³/mol. The number of nitrogens with one attached hydrogen (secondary N) is 1. The van der Waals surface area contributed by atoms with Crippen LogP contribution in [0.1, 0.15) is 31.9 Å². The molecule has 0 saturated carbocycles. The maximum Gasteiger partial charge on any atom is 0.229 e. The molecule has 0 aromatic carbocycles. The van der Waals surface area contributed by atoms with Crippen LogP contribution in [-0.2, 0) is 0 Å². The molecule has 1 aliphatic rings. The van der Waals surface area contributed by atoms with Gasteiger partial charge in [-0.1, -0.05) is 6.92 Å². The largest absolute Gasteiger partial charge is 0.481 e. The highest BCUT2D eigenvalue weighted by Gasteiger charge is 2.26. The Balaban J connectivity index is 2.08. The summed E-state index contributed by atoms with van der Waals surface area (Å²) in [5, 5.41) is 3.49. The number of ether oxygens (including phenoxy) is 1. The van der Waals surface area contributed by atoms with Crippen LogP contribution in [0.15, 0.2) is 6.07 Å². The third kappa shape index (κ3) is 3.56. The summed E-state index contributed by atoms with van der Waals surface area (Å²) < 4.78 is 5.24. The molecule has 1 aliphatic heterocycles. The number of anilines is 1. The van der Waals surface area contributed by atoms with Crippen molar-refractivity contribution in [1.29, 1.82) is 0 Å². The third-order valence-electron chi connectivity index (χ3n) is 3.47. The van der Waals surface area contributed by atoms with Crippen LogP contribution in [-0.4, -0.2) is 42.8 Å². The van der Waals surface area contributed by atoms with Gasteiger partial charge >= 0.3 is 0 Å². The second-order valence-corrected chi connectivity index (χ2v) is 5.05. The van der Waals surface area contributed by atoms with E-state index in [2.05, 4.69) is 27.1 Å². The Bertz CT molecular complexity index is 410. The molecule has 1 unspecified atom stereocenters. The first-order chi connectivity index (χ1) is 9.24. The zero-order valence-electron chi connectivity index (χ0n) is 12.1. The lowest BCUT2D eigenvalue weighted by molar-refractivity contribution is 0.396. The fourth-order valence-corrected chi connectivity index (χ4v) is 2.51. The Kier molecular flexibility index (Phi) is 4.96. The van der Waals surface area contributed by atoms with Crippen molar-refractivity contribution in [3.05, 3.63) is 11.8 Å². The summed E-state index contributed by atoms with van der Waals surface area (Å²) >= 11 is 0. The van der Waals surface area contributed by atoms with Crippen LogP contribution < -0.4 is 15.0 Å². The third-order valence-corrected chi connectivity index (χ3v) is 3.47. The number of aromatic nitrogens is 2. The van der Waals surface area contributed by atoms with E-state index in [-0.39, 0.29) is 0 Å². The van der Waals surface area contributed by atoms with Crippen molar-refractivity contribution in [2.45, 2.75) is 39.2 Å². The highest BCUT2D eigenvalue weighted by molar-refractivity contribution is 5.37. The van der Waals surface area contributed by atoms with Crippen molar-refractivity contribution in [3.8, 4) is 5.88 Å². The van der Waals surface area contributed by atoms with Crippen molar-refractivity contribution < 1.29 is 4.74 Å². The molecular weight excluding hydrogens is 240 g/mol. The Morgan fingerprint density at radius 1 is 1.47 bits per heavy atom. The summed E-state index contributed by atoms with van der Waals surface area (Å²) in [6.45, 7) is 7.28. The lowest BCUT2D eigenvalue weighted by Crippen LogP contribution is -2.39. The molecule has 0 amide bonds. The van der Waals surface area contributed by atoms with Crippen molar-refractivity contribution in [1.82, 2.24) is 15.3 Å². The van der Waals surface area contributed by atoms with Gasteiger partial charge in [0.15, 0.2) is 0 Å². The molecule has 1 N–H and O–H groups in total. The molecule has 2 rings (SSSR count). The topological polar surface area (TPSA) is 50.3 Å². The van der Waals surface area contributed by atoms with Gasteiger partial charge in [-0.15, -0.1) is 0 Å². The summed E-state index contributed by atoms with van der Waals surface area (Å²) in [5.74, 6) is 1.45. The van der Waals surface area contributed by atoms with Crippen molar-refractivity contribution in [2.75, 3.05) is 31.6 Å². The van der Waals surface area contributed by atoms with Gasteiger partial charge < -0.3 is 15.0 Å². The van der Waals surface area contributed by atoms with Gasteiger partial charge in [-0.3, -0.25) is 0 Å². The summed E-state index contributed by atoms with van der Waals surface area (Å²) in [6.07, 6.45) is 3.58. The van der Waals surface area contributed by atoms with Gasteiger partial charge in [-0.25, -0.2) is 4.98 Å². The number of methoxy groups -OCH3 is 1. The Labute approximate surface area is 115 Å². The van der Waals surface area contributed by atoms with Crippen molar-refractivity contribution in [2.24, 2.45) is 0 Å². The van der Waals surface area contributed by atoms with Crippen LogP contribution in [0.2, 0.25) is 0 Å². The van der Waals surface area contributed by atoms with E-state index < -0.39 is 0 Å². The van der Waals surface area contributed by atoms with E-state index in [1.165, 1.54) is 19.3 Å². The quantitative estimate of drug-likeness (QED) is 0.793. The fraction of sp³-hybridized carbons (Fsp3) is 0.714. The minimum atomic E-state index is 0.498. The number of hydrogen-bond donors (Lipinski definition) is 1. The Morgan fingerprint density at radius 2 is 2.32 bits per heavy atom. The average Bonchev–Trinajstić information content (AvgIpc) is 2.86. The van der Waals surface area contributed by atoms with Crippen LogP contribution >= 0.6 is 0 Å². The summed E-state index contributed by atoms with van der Waals surface area (Å²) in [7, 11) is 1.65. The van der Waals surface area contributed by atoms with E-state index in [0.29, 0.717) is 11.9 Å². The lowest BCUT2D eigenvalue weighted by atomic mass is 10.2. The zero-order chi connectivity index (χ0) is 13.7. The van der Waals surface area contributed by atoms with Gasteiger partial charge in [0.1, 0.15) is 0 Å². The van der Waals surface area contributed by atoms with Gasteiger partial charge in [0, 0.05) is 30.9 Å². The second-order valence-electron chi connectivity index (χ2n) is 5.05. The molecule has 1 aromatic heterocycles. The highest BCUT2D eigenvalue weighted by atomic mass is 16.5. The smallest absolute Gasteiger partial charge is 0.229 e. The average molecular weight is 264 g/mol. The fourth-order valence-electron chi connectivity index (χ4n) is 2.51. The maximum atomic E-state index is 5.24. The number of rotatable bonds is 6. The van der Waals surface area contributed by atoms with E-state index in [1.54, 1.807) is 7.11 Å². The number of aryl methyl sites for hydroxylation is 1. The molecule has 19 heavy (non-hydrogen) atoms. The van der Waals surface area contributed by atoms with Gasteiger partial charge in [0.25, 0.3) is 0 Å². The summed E-state index contributed by atoms with van der Waals surface area (Å²) in [6, 6.07) is 2.36. The molecular formula is C14H24N4O. The zero-order valence-corrected chi connectivity index (χ0v) is 12.1. The van der Waals surface area contributed by atoms with Crippen molar-refractivity contribution >= 4 is 5.95 Å². The molecule has 106 valence electrons. The monoisotopic (exact) mass is 264 g/mol. The predicted octanol–water partition coefficient (Wildman–Crippen LogP) is 1.76. The van der Waals surface area contributed by atoms with Crippen LogP contribution in [0.4, 0.5) is 5.95 Å². The molecule has 2 heterocycles. The minimum absolute atomic E-state index is 0.498. The van der Waals surface area contributed by atoms with Crippen LogP contribution in [0.25, 0.3) is 0 Å². The van der Waals surface area contributed by atoms with Gasteiger partial charge in [0.05, 0.1) is 7.11 Å². The standard InChI is InChI=1S/C14H24N4O/c1-4-7-15-10-12-6-5-8-18(12)14-16-11(2)9-13(17-14)19-3/h9,12,15H,4-8,10H2,1-3H3. The normalized spacial score (nSPS) is 18.9. The summed E-state index contributed by atoms with van der Waals surface area (Å²) in [4.78, 5) is 11.3. The van der Waals surface area contributed by atoms with Crippen molar-refractivity contribution in [3.63, 3.8) is 0 Å². The highest BCUT2D eigenvalue weighted by Crippen LogP contribution is 2.24. The first-order valence-electron chi connectivity index (χ1n) is 7.11. The molecule has 1 saturated heterocycles. The SMILES string of the molecule is CCCNCC1CCCN1c1nc(C)cc(OC)n1. The van der Waals surface area contributed by atoms with Crippen LogP contribution in [0, 0.1) is 6.92 Å². The van der Waals surface area contributed by atoms with E-state index in [1.807, 2.05) is 13.0 Å². The van der Waals surface area contributed by atoms with Gasteiger partial charge in [-0.2, -0.15) is 4.98 Å². The summed E-state index contributed by atoms with van der Waals surface area (Å²) in [5.41, 5.74) is 0.953. The molecule has 5 heteroatoms. The Hall–Kier alpha value is -1.36. The molecule has 0 radical (unpaired) electrons. The molecule has 5 nitrogen and oxygen atoms in total. The minimum Gasteiger partial charge on any atom is -0.481 e. The van der Waals surface area contributed by atoms with E-state index in [9.17, 15) is 0 Å². The van der Waals surface area contributed by atoms with Gasteiger partial charge in [0.2, 0.25) is 11.8 Å². The molecule has 0 aliphatic carbocycles. The molecule has 1 fully saturated rings. The molecule has 0 spiro atoms. The number of nitrogens with zero attached hydrogens (tertiary/aromatic N) is 3. The molecule has 1 atom stereocenters. The molecule has 1 aromatic rings. The molecule has 0 bridgehead atoms. The van der Waals surface area contributed by atoms with E-state index in [4.69, 9.17) is 4.74 Å². The lowest BCUT2D eigenvalue weighted by Gasteiger charge is -2.25. The van der Waals surface area contributed by atoms with E-state index >= 15 is 0 Å². The maximum absolute atomic E-state index is 5.24. The second kappa shape index (κ2) is 6.70. The first kappa shape index (κ1) is 14.1. The Morgan fingerprint density at radius 3 is 3.05 bits per heavy atom. The van der Waals surface area contributed by atoms with E-state index in [0.717, 1.165) is 31.3 Å². The van der Waals surface area contributed by atoms with Gasteiger partial charge in [-0.05, 0) is 32.7 Å². The number of hydrogen-bond acceptors (Lipinski definition) is 5. The first-order valence-corrected chi connectivity index (χ1v) is 7.11. The van der Waals surface area contributed by atoms with Crippen LogP contribution in [0.5, 0.6) is 5.88 Å². The van der Waals surface area contributed by atoms with Crippen LogP contribution in [0.3, 0.4) is 0 Å².